The van der Waals surface area contributed by atoms with E-state index in [1.165, 1.54) is 17.7 Å². The summed E-state index contributed by atoms with van der Waals surface area (Å²) in [6, 6.07) is 15.8. The molecule has 130 valence electrons. The quantitative estimate of drug-likeness (QED) is 0.826. The third-order valence-corrected chi connectivity index (χ3v) is 7.16. The Morgan fingerprint density at radius 2 is 1.80 bits per heavy atom. The first-order valence-electron chi connectivity index (χ1n) is 8.02. The zero-order chi connectivity index (χ0) is 17.4. The highest BCUT2D eigenvalue weighted by Crippen LogP contribution is 2.35. The van der Waals surface area contributed by atoms with Gasteiger partial charge in [0.15, 0.2) is 15.0 Å². The van der Waals surface area contributed by atoms with Crippen LogP contribution in [0.5, 0.6) is 0 Å². The average molecular weight is 376 g/mol. The van der Waals surface area contributed by atoms with E-state index in [2.05, 4.69) is 17.1 Å². The maximum absolute atomic E-state index is 13.3. The molecule has 4 rings (SSSR count). The number of hydrogen-bond donors (Lipinski definition) is 0. The number of halogens is 1. The summed E-state index contributed by atoms with van der Waals surface area (Å²) in [6.45, 7) is 0. The van der Waals surface area contributed by atoms with Crippen LogP contribution in [0.15, 0.2) is 59.6 Å². The molecule has 1 fully saturated rings. The Balaban J connectivity index is 1.62. The average Bonchev–Trinajstić information content (AvgIpc) is 3.06. The van der Waals surface area contributed by atoms with Crippen LogP contribution >= 0.6 is 11.8 Å². The summed E-state index contributed by atoms with van der Waals surface area (Å²) in [4.78, 5) is 6.63. The predicted molar refractivity (Wildman–Crippen MR) is 100 cm³/mol. The Morgan fingerprint density at radius 1 is 1.08 bits per heavy atom. The van der Waals surface area contributed by atoms with Gasteiger partial charge in [0.25, 0.3) is 0 Å². The smallest absolute Gasteiger partial charge is 0.164 e. The van der Waals surface area contributed by atoms with Crippen molar-refractivity contribution in [3.05, 3.63) is 66.0 Å². The molecule has 0 radical (unpaired) electrons. The summed E-state index contributed by atoms with van der Waals surface area (Å²) in [5, 5.41) is 0.806. The lowest BCUT2D eigenvalue weighted by atomic mass is 10.1. The van der Waals surface area contributed by atoms with Crippen molar-refractivity contribution < 1.29 is 12.8 Å². The number of nitrogens with zero attached hydrogens (tertiary/aromatic N) is 2. The Kier molecular flexibility index (Phi) is 4.29. The molecule has 0 amide bonds. The molecule has 2 atom stereocenters. The fourth-order valence-corrected chi connectivity index (χ4v) is 6.18. The largest absolute Gasteiger partial charge is 0.315 e. The second-order valence-corrected chi connectivity index (χ2v) is 9.34. The summed E-state index contributed by atoms with van der Waals surface area (Å²) < 4.78 is 37.3. The molecule has 0 spiro atoms. The van der Waals surface area contributed by atoms with E-state index in [0.717, 1.165) is 16.6 Å². The van der Waals surface area contributed by atoms with Gasteiger partial charge in [-0.25, -0.2) is 12.8 Å². The monoisotopic (exact) mass is 376 g/mol. The zero-order valence-electron chi connectivity index (χ0n) is 13.4. The second kappa shape index (κ2) is 6.46. The molecule has 25 heavy (non-hydrogen) atoms. The normalized spacial score (nSPS) is 24.2. The van der Waals surface area contributed by atoms with Gasteiger partial charge in [-0.1, -0.05) is 42.1 Å². The van der Waals surface area contributed by atoms with Crippen molar-refractivity contribution in [3.63, 3.8) is 0 Å². The van der Waals surface area contributed by atoms with Gasteiger partial charge in [0.05, 0.1) is 23.6 Å². The Bertz CT molecular complexity index is 898. The Labute approximate surface area is 150 Å². The first-order valence-corrected chi connectivity index (χ1v) is 10.8. The highest BCUT2D eigenvalue weighted by molar-refractivity contribution is 8.13. The van der Waals surface area contributed by atoms with Gasteiger partial charge in [-0.3, -0.25) is 4.99 Å². The Morgan fingerprint density at radius 3 is 2.52 bits per heavy atom. The van der Waals surface area contributed by atoms with Crippen LogP contribution < -0.4 is 4.90 Å². The summed E-state index contributed by atoms with van der Waals surface area (Å²) in [6.07, 6.45) is 0. The van der Waals surface area contributed by atoms with Gasteiger partial charge >= 0.3 is 0 Å². The SMILES string of the molecule is O=S1(=O)CC2N=C(SCc3ccccc3)N(c3ccc(F)cc3)C2C1. The van der Waals surface area contributed by atoms with Crippen LogP contribution in [0.3, 0.4) is 0 Å². The topological polar surface area (TPSA) is 49.7 Å². The van der Waals surface area contributed by atoms with Crippen LogP contribution in [0.4, 0.5) is 10.1 Å². The molecule has 1 saturated heterocycles. The van der Waals surface area contributed by atoms with Crippen molar-refractivity contribution in [2.45, 2.75) is 17.8 Å². The van der Waals surface area contributed by atoms with Gasteiger partial charge < -0.3 is 4.90 Å². The first kappa shape index (κ1) is 16.6. The van der Waals surface area contributed by atoms with Crippen LogP contribution in [0.2, 0.25) is 0 Å². The van der Waals surface area contributed by atoms with Gasteiger partial charge in [-0.05, 0) is 29.8 Å². The summed E-state index contributed by atoms with van der Waals surface area (Å²) in [5.74, 6) is 0.622. The van der Waals surface area contributed by atoms with Crippen LogP contribution in [-0.4, -0.2) is 37.2 Å². The van der Waals surface area contributed by atoms with Gasteiger partial charge in [0.1, 0.15) is 5.82 Å². The minimum Gasteiger partial charge on any atom is -0.315 e. The standard InChI is InChI=1S/C18H17FN2O2S2/c19-14-6-8-15(9-7-14)21-17-12-25(22,23)11-16(17)20-18(21)24-10-13-4-2-1-3-5-13/h1-9,16-17H,10-12H2. The fraction of sp³-hybridized carbons (Fsp3) is 0.278. The van der Waals surface area contributed by atoms with E-state index in [9.17, 15) is 12.8 Å². The molecule has 7 heteroatoms. The van der Waals surface area contributed by atoms with E-state index in [0.29, 0.717) is 0 Å². The number of fused-ring (bicyclic) bond motifs is 1. The number of rotatable bonds is 3. The summed E-state index contributed by atoms with van der Waals surface area (Å²) in [7, 11) is -3.08. The lowest BCUT2D eigenvalue weighted by Crippen LogP contribution is -2.39. The molecule has 2 unspecified atom stereocenters. The van der Waals surface area contributed by atoms with Crippen molar-refractivity contribution in [1.82, 2.24) is 0 Å². The number of aliphatic imine (C=N–C) groups is 1. The number of sulfone groups is 1. The van der Waals surface area contributed by atoms with Crippen molar-refractivity contribution in [3.8, 4) is 0 Å². The summed E-state index contributed by atoms with van der Waals surface area (Å²) in [5.41, 5.74) is 1.96. The van der Waals surface area contributed by atoms with Crippen LogP contribution in [0.1, 0.15) is 5.56 Å². The molecule has 2 aromatic carbocycles. The molecule has 0 aliphatic carbocycles. The lowest BCUT2D eigenvalue weighted by Gasteiger charge is -2.26. The first-order chi connectivity index (χ1) is 12.0. The molecule has 0 aromatic heterocycles. The number of hydrogen-bond acceptors (Lipinski definition) is 5. The highest BCUT2D eigenvalue weighted by Gasteiger charge is 2.47. The van der Waals surface area contributed by atoms with Crippen LogP contribution in [0.25, 0.3) is 0 Å². The highest BCUT2D eigenvalue weighted by atomic mass is 32.2. The maximum Gasteiger partial charge on any atom is 0.164 e. The van der Waals surface area contributed by atoms with Crippen molar-refractivity contribution >= 4 is 32.5 Å². The van der Waals surface area contributed by atoms with E-state index in [1.807, 2.05) is 23.1 Å². The molecular formula is C18H17FN2O2S2. The van der Waals surface area contributed by atoms with Gasteiger partial charge in [0, 0.05) is 11.4 Å². The van der Waals surface area contributed by atoms with Crippen LogP contribution in [-0.2, 0) is 15.6 Å². The number of thioether (sulfide) groups is 1. The van der Waals surface area contributed by atoms with E-state index in [1.54, 1.807) is 23.9 Å². The van der Waals surface area contributed by atoms with Crippen molar-refractivity contribution in [1.29, 1.82) is 0 Å². The molecule has 4 nitrogen and oxygen atoms in total. The predicted octanol–water partition coefficient (Wildman–Crippen LogP) is 3.10. The molecule has 0 saturated carbocycles. The fourth-order valence-electron chi connectivity index (χ4n) is 3.26. The van der Waals surface area contributed by atoms with Crippen molar-refractivity contribution in [2.75, 3.05) is 16.4 Å². The summed E-state index contributed by atoms with van der Waals surface area (Å²) >= 11 is 1.59. The number of amidine groups is 1. The van der Waals surface area contributed by atoms with E-state index in [4.69, 9.17) is 0 Å². The number of anilines is 1. The molecule has 2 aromatic rings. The maximum atomic E-state index is 13.3. The Hall–Kier alpha value is -1.86. The minimum absolute atomic E-state index is 0.0881. The van der Waals surface area contributed by atoms with Crippen molar-refractivity contribution in [2.24, 2.45) is 4.99 Å². The van der Waals surface area contributed by atoms with E-state index < -0.39 is 9.84 Å². The van der Waals surface area contributed by atoms with E-state index in [-0.39, 0.29) is 29.4 Å². The molecule has 2 heterocycles. The van der Waals surface area contributed by atoms with Gasteiger partial charge in [-0.15, -0.1) is 0 Å². The third-order valence-electron chi connectivity index (χ3n) is 4.42. The van der Waals surface area contributed by atoms with Gasteiger partial charge in [0.2, 0.25) is 0 Å². The van der Waals surface area contributed by atoms with E-state index >= 15 is 0 Å². The molecule has 2 aliphatic heterocycles. The third kappa shape index (κ3) is 3.43. The van der Waals surface area contributed by atoms with Crippen LogP contribution in [0, 0.1) is 5.82 Å². The minimum atomic E-state index is -3.08. The zero-order valence-corrected chi connectivity index (χ0v) is 15.0. The molecule has 0 bridgehead atoms. The molecule has 0 N–H and O–H groups in total. The van der Waals surface area contributed by atoms with Gasteiger partial charge in [-0.2, -0.15) is 0 Å². The molecular weight excluding hydrogens is 359 g/mol. The number of benzene rings is 2. The lowest BCUT2D eigenvalue weighted by molar-refractivity contribution is 0.601. The molecule has 2 aliphatic rings. The second-order valence-electron chi connectivity index (χ2n) is 6.24.